The van der Waals surface area contributed by atoms with E-state index in [9.17, 15) is 9.59 Å². The Labute approximate surface area is 166 Å². The lowest BCUT2D eigenvalue weighted by Gasteiger charge is -2.16. The largest absolute Gasteiger partial charge is 0.464 e. The van der Waals surface area contributed by atoms with Crippen molar-refractivity contribution in [3.63, 3.8) is 0 Å². The van der Waals surface area contributed by atoms with Gasteiger partial charge in [0.15, 0.2) is 0 Å². The van der Waals surface area contributed by atoms with Crippen molar-refractivity contribution in [3.05, 3.63) is 74.8 Å². The van der Waals surface area contributed by atoms with Crippen LogP contribution < -0.4 is 16.0 Å². The highest BCUT2D eigenvalue weighted by atomic mass is 16.5. The van der Waals surface area contributed by atoms with E-state index in [2.05, 4.69) is 9.97 Å². The fourth-order valence-corrected chi connectivity index (χ4v) is 3.48. The van der Waals surface area contributed by atoms with Crippen LogP contribution in [0.2, 0.25) is 0 Å². The summed E-state index contributed by atoms with van der Waals surface area (Å²) in [5.74, 6) is 1.07. The van der Waals surface area contributed by atoms with Gasteiger partial charge >= 0.3 is 5.69 Å². The van der Waals surface area contributed by atoms with Crippen LogP contribution in [0.3, 0.4) is 0 Å². The van der Waals surface area contributed by atoms with E-state index in [1.165, 1.54) is 0 Å². The minimum absolute atomic E-state index is 0.368. The van der Waals surface area contributed by atoms with Crippen molar-refractivity contribution in [1.82, 2.24) is 14.5 Å². The summed E-state index contributed by atoms with van der Waals surface area (Å²) in [7, 11) is 0. The van der Waals surface area contributed by atoms with Gasteiger partial charge in [0.1, 0.15) is 11.3 Å². The van der Waals surface area contributed by atoms with Crippen molar-refractivity contribution in [3.8, 4) is 22.9 Å². The van der Waals surface area contributed by atoms with Crippen LogP contribution in [-0.2, 0) is 6.54 Å². The number of aryl methyl sites for hydroxylation is 1. The number of rotatable bonds is 5. The van der Waals surface area contributed by atoms with Crippen molar-refractivity contribution in [2.45, 2.75) is 33.7 Å². The topological polar surface area (TPSA) is 90.1 Å². The van der Waals surface area contributed by atoms with Gasteiger partial charge in [-0.15, -0.1) is 0 Å². The summed E-state index contributed by atoms with van der Waals surface area (Å²) in [6.45, 7) is 6.17. The number of aromatic nitrogens is 3. The van der Waals surface area contributed by atoms with E-state index < -0.39 is 5.69 Å². The smallest absolute Gasteiger partial charge is 0.328 e. The number of benzene rings is 1. The predicted molar refractivity (Wildman–Crippen MR) is 111 cm³/mol. The second-order valence-corrected chi connectivity index (χ2v) is 6.91. The van der Waals surface area contributed by atoms with E-state index in [-0.39, 0.29) is 5.56 Å². The molecule has 0 radical (unpaired) electrons. The van der Waals surface area contributed by atoms with Gasteiger partial charge in [-0.05, 0) is 56.2 Å². The Kier molecular flexibility index (Phi) is 4.80. The quantitative estimate of drug-likeness (QED) is 0.552. The Bertz CT molecular complexity index is 1310. The second kappa shape index (κ2) is 7.43. The maximum atomic E-state index is 12.4. The number of nitrogens with zero attached hydrogens (tertiary/aromatic N) is 2. The molecule has 0 aliphatic rings. The second-order valence-electron chi connectivity index (χ2n) is 6.91. The monoisotopic (exact) mass is 391 g/mol. The van der Waals surface area contributed by atoms with E-state index >= 15 is 0 Å². The molecule has 0 spiro atoms. The third-order valence-corrected chi connectivity index (χ3v) is 4.89. The molecule has 0 atom stereocenters. The van der Waals surface area contributed by atoms with E-state index in [4.69, 9.17) is 9.15 Å². The van der Waals surface area contributed by atoms with Crippen LogP contribution in [0.25, 0.3) is 22.2 Å². The minimum atomic E-state index is -0.395. The van der Waals surface area contributed by atoms with Gasteiger partial charge in [-0.25, -0.2) is 9.78 Å². The first kappa shape index (κ1) is 18.7. The van der Waals surface area contributed by atoms with Crippen molar-refractivity contribution in [2.75, 3.05) is 0 Å². The van der Waals surface area contributed by atoms with Crippen LogP contribution in [0.5, 0.6) is 11.6 Å². The zero-order chi connectivity index (χ0) is 20.5. The molecule has 7 heteroatoms. The van der Waals surface area contributed by atoms with Crippen molar-refractivity contribution in [2.24, 2.45) is 0 Å². The number of aromatic amines is 1. The van der Waals surface area contributed by atoms with Gasteiger partial charge in [0.2, 0.25) is 5.88 Å². The Balaban J connectivity index is 1.78. The minimum Gasteiger partial charge on any atom is -0.464 e. The highest BCUT2D eigenvalue weighted by molar-refractivity contribution is 5.82. The highest BCUT2D eigenvalue weighted by Crippen LogP contribution is 2.32. The molecule has 0 aliphatic carbocycles. The van der Waals surface area contributed by atoms with E-state index in [1.807, 2.05) is 38.1 Å². The van der Waals surface area contributed by atoms with Gasteiger partial charge in [0, 0.05) is 23.9 Å². The molecule has 1 aromatic carbocycles. The van der Waals surface area contributed by atoms with Crippen molar-refractivity contribution in [1.29, 1.82) is 0 Å². The number of ether oxygens (including phenoxy) is 1. The highest BCUT2D eigenvalue weighted by Gasteiger charge is 2.16. The molecule has 0 unspecified atom stereocenters. The molecule has 29 heavy (non-hydrogen) atoms. The molecule has 1 N–H and O–H groups in total. The van der Waals surface area contributed by atoms with E-state index in [0.29, 0.717) is 35.0 Å². The van der Waals surface area contributed by atoms with Crippen LogP contribution in [0.1, 0.15) is 24.5 Å². The average molecular weight is 391 g/mol. The molecule has 0 fully saturated rings. The lowest BCUT2D eigenvalue weighted by atomic mass is 10.0. The molecular weight excluding hydrogens is 370 g/mol. The van der Waals surface area contributed by atoms with Crippen LogP contribution in [-0.4, -0.2) is 14.5 Å². The molecule has 0 saturated heterocycles. The number of fused-ring (bicyclic) bond motifs is 1. The molecule has 3 heterocycles. The number of hydrogen-bond donors (Lipinski definition) is 1. The standard InChI is InChI=1S/C22H21N3O4/c1-4-10-25-19(14(3)20(26)24-22(25)27)16-6-5-15(12-13(16)2)29-21-17-8-11-28-18(17)7-9-23-21/h5-9,11-12H,4,10H2,1-3H3,(H,24,26,27). The summed E-state index contributed by atoms with van der Waals surface area (Å²) >= 11 is 0. The molecule has 0 saturated carbocycles. The Morgan fingerprint density at radius 1 is 1.17 bits per heavy atom. The summed E-state index contributed by atoms with van der Waals surface area (Å²) in [4.78, 5) is 31.2. The molecule has 4 aromatic rings. The molecular formula is C22H21N3O4. The van der Waals surface area contributed by atoms with Gasteiger partial charge in [-0.3, -0.25) is 14.3 Å². The number of H-pyrrole nitrogens is 1. The first-order chi connectivity index (χ1) is 14.0. The molecule has 7 nitrogen and oxygen atoms in total. The number of hydrogen-bond acceptors (Lipinski definition) is 5. The molecule has 0 bridgehead atoms. The molecule has 148 valence electrons. The number of furan rings is 1. The number of pyridine rings is 1. The zero-order valence-corrected chi connectivity index (χ0v) is 16.5. The lowest BCUT2D eigenvalue weighted by molar-refractivity contribution is 0.468. The maximum absolute atomic E-state index is 12.4. The summed E-state index contributed by atoms with van der Waals surface area (Å²) in [5, 5.41) is 0.788. The zero-order valence-electron chi connectivity index (χ0n) is 16.5. The third kappa shape index (κ3) is 3.35. The van der Waals surface area contributed by atoms with Crippen LogP contribution in [0.4, 0.5) is 0 Å². The predicted octanol–water partition coefficient (Wildman–Crippen LogP) is 4.16. The van der Waals surface area contributed by atoms with Crippen molar-refractivity contribution >= 4 is 11.0 Å². The van der Waals surface area contributed by atoms with Crippen LogP contribution >= 0.6 is 0 Å². The van der Waals surface area contributed by atoms with Crippen molar-refractivity contribution < 1.29 is 9.15 Å². The van der Waals surface area contributed by atoms with Gasteiger partial charge in [0.25, 0.3) is 5.56 Å². The van der Waals surface area contributed by atoms with Gasteiger partial charge in [-0.2, -0.15) is 0 Å². The molecule has 0 amide bonds. The average Bonchev–Trinajstić information content (AvgIpc) is 3.17. The summed E-state index contributed by atoms with van der Waals surface area (Å²) < 4.78 is 13.0. The van der Waals surface area contributed by atoms with Gasteiger partial charge in [0.05, 0.1) is 17.3 Å². The van der Waals surface area contributed by atoms with Gasteiger partial charge in [-0.1, -0.05) is 6.92 Å². The number of nitrogens with one attached hydrogen (secondary N) is 1. The summed E-state index contributed by atoms with van der Waals surface area (Å²) in [6.07, 6.45) is 4.00. The Morgan fingerprint density at radius 3 is 2.76 bits per heavy atom. The van der Waals surface area contributed by atoms with Crippen LogP contribution in [0.15, 0.2) is 56.8 Å². The van der Waals surface area contributed by atoms with E-state index in [1.54, 1.807) is 30.0 Å². The SMILES string of the molecule is CCCn1c(-c2ccc(Oc3nccc4occc34)cc2C)c(C)c(=O)[nH]c1=O. The normalized spacial score (nSPS) is 11.1. The fraction of sp³-hybridized carbons (Fsp3) is 0.227. The lowest BCUT2D eigenvalue weighted by Crippen LogP contribution is -2.33. The maximum Gasteiger partial charge on any atom is 0.328 e. The molecule has 3 aromatic heterocycles. The fourth-order valence-electron chi connectivity index (χ4n) is 3.48. The Hall–Kier alpha value is -3.61. The Morgan fingerprint density at radius 2 is 2.00 bits per heavy atom. The first-order valence-electron chi connectivity index (χ1n) is 9.44. The molecule has 4 rings (SSSR count). The summed E-state index contributed by atoms with van der Waals surface area (Å²) in [5.41, 5.74) is 2.80. The van der Waals surface area contributed by atoms with E-state index in [0.717, 1.165) is 22.9 Å². The molecule has 0 aliphatic heterocycles. The van der Waals surface area contributed by atoms with Gasteiger partial charge < -0.3 is 9.15 Å². The summed E-state index contributed by atoms with van der Waals surface area (Å²) in [6, 6.07) is 9.14. The van der Waals surface area contributed by atoms with Crippen LogP contribution in [0, 0.1) is 13.8 Å². The third-order valence-electron chi connectivity index (χ3n) is 4.89. The first-order valence-corrected chi connectivity index (χ1v) is 9.44.